The molecule has 1 unspecified atom stereocenters. The highest BCUT2D eigenvalue weighted by Gasteiger charge is 2.30. The molecule has 0 aromatic carbocycles. The molecule has 1 amide bonds. The lowest BCUT2D eigenvalue weighted by Crippen LogP contribution is -2.52. The van der Waals surface area contributed by atoms with Crippen molar-refractivity contribution in [3.63, 3.8) is 0 Å². The summed E-state index contributed by atoms with van der Waals surface area (Å²) in [5, 5.41) is 6.72. The van der Waals surface area contributed by atoms with Crippen LogP contribution in [0.4, 0.5) is 4.79 Å². The lowest BCUT2D eigenvalue weighted by molar-refractivity contribution is 0.0104. The average molecular weight is 324 g/mol. The van der Waals surface area contributed by atoms with E-state index >= 15 is 0 Å². The van der Waals surface area contributed by atoms with E-state index in [1.54, 1.807) is 7.05 Å². The number of guanidine groups is 1. The predicted octanol–water partition coefficient (Wildman–Crippen LogP) is 2.35. The van der Waals surface area contributed by atoms with Crippen LogP contribution in [0.25, 0.3) is 0 Å². The highest BCUT2D eigenvalue weighted by Crippen LogP contribution is 2.27. The quantitative estimate of drug-likeness (QED) is 0.615. The highest BCUT2D eigenvalue weighted by molar-refractivity contribution is 5.79. The maximum Gasteiger partial charge on any atom is 0.410 e. The second-order valence-electron chi connectivity index (χ2n) is 7.60. The van der Waals surface area contributed by atoms with E-state index in [-0.39, 0.29) is 12.1 Å². The van der Waals surface area contributed by atoms with Crippen molar-refractivity contribution in [1.29, 1.82) is 0 Å². The van der Waals surface area contributed by atoms with Crippen LogP contribution in [0, 0.1) is 5.92 Å². The maximum atomic E-state index is 12.4. The number of hydrogen-bond acceptors (Lipinski definition) is 3. The first-order chi connectivity index (χ1) is 10.9. The number of likely N-dealkylation sites (tertiary alicyclic amines) is 1. The Balaban J connectivity index is 1.83. The van der Waals surface area contributed by atoms with Gasteiger partial charge in [-0.2, -0.15) is 0 Å². The van der Waals surface area contributed by atoms with E-state index in [9.17, 15) is 4.79 Å². The summed E-state index contributed by atoms with van der Waals surface area (Å²) in [4.78, 5) is 18.5. The summed E-state index contributed by atoms with van der Waals surface area (Å²) in [6.07, 6.45) is 5.64. The van der Waals surface area contributed by atoms with E-state index in [0.29, 0.717) is 6.54 Å². The molecule has 1 atom stereocenters. The number of carbonyl (C=O) groups is 1. The zero-order valence-electron chi connectivity index (χ0n) is 15.0. The van der Waals surface area contributed by atoms with Crippen LogP contribution in [0.3, 0.4) is 0 Å². The third kappa shape index (κ3) is 6.28. The van der Waals surface area contributed by atoms with Crippen molar-refractivity contribution in [2.45, 2.75) is 64.5 Å². The van der Waals surface area contributed by atoms with E-state index in [0.717, 1.165) is 44.2 Å². The lowest BCUT2D eigenvalue weighted by atomic mass is 10.0. The summed E-state index contributed by atoms with van der Waals surface area (Å²) in [6, 6.07) is 0.165. The molecule has 1 saturated carbocycles. The maximum absolute atomic E-state index is 12.4. The molecule has 2 N–H and O–H groups in total. The number of nitrogens with zero attached hydrogens (tertiary/aromatic N) is 2. The van der Waals surface area contributed by atoms with Gasteiger partial charge >= 0.3 is 6.09 Å². The molecule has 2 aliphatic rings. The first kappa shape index (κ1) is 17.9. The molecule has 1 heterocycles. The Morgan fingerprint density at radius 3 is 2.48 bits per heavy atom. The Kier molecular flexibility index (Phi) is 6.13. The van der Waals surface area contributed by atoms with Gasteiger partial charge in [-0.15, -0.1) is 0 Å². The fourth-order valence-corrected chi connectivity index (χ4v) is 2.77. The number of nitrogens with one attached hydrogen (secondary N) is 2. The van der Waals surface area contributed by atoms with Gasteiger partial charge in [0.15, 0.2) is 5.96 Å². The van der Waals surface area contributed by atoms with Gasteiger partial charge in [0, 0.05) is 26.7 Å². The van der Waals surface area contributed by atoms with Crippen molar-refractivity contribution in [2.24, 2.45) is 10.9 Å². The molecule has 132 valence electrons. The Morgan fingerprint density at radius 1 is 1.17 bits per heavy atom. The molecular weight excluding hydrogens is 292 g/mol. The van der Waals surface area contributed by atoms with Gasteiger partial charge in [-0.3, -0.25) is 4.99 Å². The van der Waals surface area contributed by atoms with Gasteiger partial charge in [0.2, 0.25) is 0 Å². The topological polar surface area (TPSA) is 66.0 Å². The van der Waals surface area contributed by atoms with Crippen LogP contribution in [0.2, 0.25) is 0 Å². The summed E-state index contributed by atoms with van der Waals surface area (Å²) >= 11 is 0. The number of piperidine rings is 1. The third-order valence-electron chi connectivity index (χ3n) is 4.24. The standard InChI is InChI=1S/C17H32N4O2/c1-17(2,3)23-16(22)21-10-6-5-7-14(21)12-20-15(18-4)19-11-13-8-9-13/h13-14H,5-12H2,1-4H3,(H2,18,19,20). The number of hydrogen-bond donors (Lipinski definition) is 2. The molecule has 1 aliphatic heterocycles. The Morgan fingerprint density at radius 2 is 1.87 bits per heavy atom. The summed E-state index contributed by atoms with van der Waals surface area (Å²) in [7, 11) is 1.79. The number of ether oxygens (including phenoxy) is 1. The Bertz CT molecular complexity index is 427. The first-order valence-electron chi connectivity index (χ1n) is 8.83. The van der Waals surface area contributed by atoms with Crippen LogP contribution in [-0.2, 0) is 4.74 Å². The van der Waals surface area contributed by atoms with Gasteiger partial charge in [0.25, 0.3) is 0 Å². The monoisotopic (exact) mass is 324 g/mol. The van der Waals surface area contributed by atoms with Crippen molar-refractivity contribution in [1.82, 2.24) is 15.5 Å². The lowest BCUT2D eigenvalue weighted by Gasteiger charge is -2.37. The molecule has 2 rings (SSSR count). The van der Waals surface area contributed by atoms with Crippen molar-refractivity contribution < 1.29 is 9.53 Å². The van der Waals surface area contributed by atoms with Crippen molar-refractivity contribution in [3.8, 4) is 0 Å². The summed E-state index contributed by atoms with van der Waals surface area (Å²) in [5.41, 5.74) is -0.450. The fourth-order valence-electron chi connectivity index (χ4n) is 2.77. The molecule has 0 aromatic rings. The highest BCUT2D eigenvalue weighted by atomic mass is 16.6. The summed E-state index contributed by atoms with van der Waals surface area (Å²) in [5.74, 6) is 1.63. The van der Waals surface area contributed by atoms with Gasteiger partial charge < -0.3 is 20.3 Å². The third-order valence-corrected chi connectivity index (χ3v) is 4.24. The molecule has 0 spiro atoms. The minimum atomic E-state index is -0.450. The van der Waals surface area contributed by atoms with Crippen LogP contribution in [0.15, 0.2) is 4.99 Å². The van der Waals surface area contributed by atoms with Crippen molar-refractivity contribution in [2.75, 3.05) is 26.7 Å². The summed E-state index contributed by atoms with van der Waals surface area (Å²) in [6.45, 7) is 8.20. The van der Waals surface area contributed by atoms with E-state index < -0.39 is 5.60 Å². The number of aliphatic imine (C=N–C) groups is 1. The second kappa shape index (κ2) is 7.88. The van der Waals surface area contributed by atoms with Crippen LogP contribution in [0.1, 0.15) is 52.9 Å². The molecule has 2 fully saturated rings. The normalized spacial score (nSPS) is 22.7. The first-order valence-corrected chi connectivity index (χ1v) is 8.83. The molecule has 23 heavy (non-hydrogen) atoms. The minimum absolute atomic E-state index is 0.165. The zero-order chi connectivity index (χ0) is 16.9. The van der Waals surface area contributed by atoms with Gasteiger partial charge in [-0.25, -0.2) is 4.79 Å². The molecule has 0 bridgehead atoms. The van der Waals surface area contributed by atoms with Crippen LogP contribution < -0.4 is 10.6 Å². The molecule has 0 aromatic heterocycles. The SMILES string of the molecule is CN=C(NCC1CC1)NCC1CCCCN1C(=O)OC(C)(C)C. The van der Waals surface area contributed by atoms with E-state index in [2.05, 4.69) is 15.6 Å². The Hall–Kier alpha value is -1.46. The summed E-state index contributed by atoms with van der Waals surface area (Å²) < 4.78 is 5.54. The van der Waals surface area contributed by atoms with Crippen LogP contribution in [0.5, 0.6) is 0 Å². The van der Waals surface area contributed by atoms with E-state index in [4.69, 9.17) is 4.74 Å². The number of carbonyl (C=O) groups excluding carboxylic acids is 1. The van der Waals surface area contributed by atoms with Gasteiger partial charge in [-0.05, 0) is 58.8 Å². The van der Waals surface area contributed by atoms with Crippen LogP contribution in [-0.4, -0.2) is 55.3 Å². The largest absolute Gasteiger partial charge is 0.444 e. The molecule has 1 aliphatic carbocycles. The average Bonchev–Trinajstić information content (AvgIpc) is 3.30. The number of rotatable bonds is 4. The van der Waals surface area contributed by atoms with E-state index in [1.165, 1.54) is 12.8 Å². The second-order valence-corrected chi connectivity index (χ2v) is 7.60. The van der Waals surface area contributed by atoms with E-state index in [1.807, 2.05) is 25.7 Å². The zero-order valence-corrected chi connectivity index (χ0v) is 15.0. The van der Waals surface area contributed by atoms with Gasteiger partial charge in [-0.1, -0.05) is 0 Å². The molecule has 6 nitrogen and oxygen atoms in total. The van der Waals surface area contributed by atoms with Gasteiger partial charge in [0.05, 0.1) is 6.04 Å². The number of amides is 1. The minimum Gasteiger partial charge on any atom is -0.444 e. The smallest absolute Gasteiger partial charge is 0.410 e. The van der Waals surface area contributed by atoms with Crippen molar-refractivity contribution in [3.05, 3.63) is 0 Å². The fraction of sp³-hybridized carbons (Fsp3) is 0.882. The Labute approximate surface area is 140 Å². The molecule has 6 heteroatoms. The predicted molar refractivity (Wildman–Crippen MR) is 92.7 cm³/mol. The van der Waals surface area contributed by atoms with Crippen LogP contribution >= 0.6 is 0 Å². The van der Waals surface area contributed by atoms with Gasteiger partial charge in [0.1, 0.15) is 5.60 Å². The molecular formula is C17H32N4O2. The van der Waals surface area contributed by atoms with Crippen molar-refractivity contribution >= 4 is 12.1 Å². The molecule has 0 radical (unpaired) electrons. The molecule has 1 saturated heterocycles.